The summed E-state index contributed by atoms with van der Waals surface area (Å²) in [6, 6.07) is 6.53. The Morgan fingerprint density at radius 3 is 2.61 bits per heavy atom. The van der Waals surface area contributed by atoms with E-state index >= 15 is 0 Å². The van der Waals surface area contributed by atoms with Gasteiger partial charge in [-0.3, -0.25) is 4.79 Å². The highest BCUT2D eigenvalue weighted by Crippen LogP contribution is 2.30. The van der Waals surface area contributed by atoms with E-state index in [0.29, 0.717) is 24.1 Å². The summed E-state index contributed by atoms with van der Waals surface area (Å²) in [6.45, 7) is 0. The van der Waals surface area contributed by atoms with Crippen LogP contribution >= 0.6 is 0 Å². The van der Waals surface area contributed by atoms with Crippen LogP contribution in [0.25, 0.3) is 0 Å². The second kappa shape index (κ2) is 6.51. The van der Waals surface area contributed by atoms with Crippen LogP contribution in [0.5, 0.6) is 0 Å². The van der Waals surface area contributed by atoms with Crippen molar-refractivity contribution in [2.75, 3.05) is 22.6 Å². The predicted octanol–water partition coefficient (Wildman–Crippen LogP) is 2.59. The minimum absolute atomic E-state index is 0.0796. The molecular formula is C17H24N2O3S. The lowest BCUT2D eigenvalue weighted by Crippen LogP contribution is -2.29. The number of benzene rings is 1. The Labute approximate surface area is 137 Å². The van der Waals surface area contributed by atoms with Crippen LogP contribution in [0.3, 0.4) is 0 Å². The number of carbonyl (C=O) groups is 1. The molecule has 1 heterocycles. The molecule has 1 aromatic rings. The average Bonchev–Trinajstić information content (AvgIpc) is 2.47. The van der Waals surface area contributed by atoms with Crippen LogP contribution in [0, 0.1) is 5.92 Å². The zero-order valence-electron chi connectivity index (χ0n) is 13.5. The number of anilines is 2. The Morgan fingerprint density at radius 1 is 1.17 bits per heavy atom. The van der Waals surface area contributed by atoms with Gasteiger partial charge in [0.1, 0.15) is 9.84 Å². The number of aryl methyl sites for hydroxylation is 1. The fourth-order valence-electron chi connectivity index (χ4n) is 3.60. The van der Waals surface area contributed by atoms with Crippen molar-refractivity contribution in [2.24, 2.45) is 5.92 Å². The quantitative estimate of drug-likeness (QED) is 0.886. The molecule has 1 saturated carbocycles. The Morgan fingerprint density at radius 2 is 1.91 bits per heavy atom. The van der Waals surface area contributed by atoms with E-state index in [0.717, 1.165) is 43.5 Å². The largest absolute Gasteiger partial charge is 0.382 e. The molecule has 0 unspecified atom stereocenters. The molecule has 3 rings (SSSR count). The second-order valence-corrected chi connectivity index (χ2v) is 9.06. The van der Waals surface area contributed by atoms with Gasteiger partial charge in [0, 0.05) is 30.1 Å². The van der Waals surface area contributed by atoms with Gasteiger partial charge in [0.15, 0.2) is 0 Å². The SMILES string of the molecule is CS(=O)(=O)CC1CCC(Nc2ccc3c(c2)NC(=O)CC3)CC1. The molecule has 0 spiro atoms. The van der Waals surface area contributed by atoms with Gasteiger partial charge in [0.2, 0.25) is 5.91 Å². The highest BCUT2D eigenvalue weighted by Gasteiger charge is 2.24. The molecule has 0 aromatic heterocycles. The zero-order chi connectivity index (χ0) is 16.4. The van der Waals surface area contributed by atoms with Crippen molar-refractivity contribution in [3.05, 3.63) is 23.8 Å². The van der Waals surface area contributed by atoms with Gasteiger partial charge in [-0.05, 0) is 55.7 Å². The first-order valence-electron chi connectivity index (χ1n) is 8.26. The summed E-state index contributed by atoms with van der Waals surface area (Å²) >= 11 is 0. The lowest BCUT2D eigenvalue weighted by molar-refractivity contribution is -0.116. The first-order valence-corrected chi connectivity index (χ1v) is 10.3. The molecule has 1 fully saturated rings. The van der Waals surface area contributed by atoms with Gasteiger partial charge >= 0.3 is 0 Å². The third-order valence-electron chi connectivity index (χ3n) is 4.76. The Kier molecular flexibility index (Phi) is 4.62. The summed E-state index contributed by atoms with van der Waals surface area (Å²) < 4.78 is 22.8. The predicted molar refractivity (Wildman–Crippen MR) is 92.5 cm³/mol. The van der Waals surface area contributed by atoms with Crippen LogP contribution in [0.15, 0.2) is 18.2 Å². The number of hydrogen-bond acceptors (Lipinski definition) is 4. The normalized spacial score (nSPS) is 24.7. The van der Waals surface area contributed by atoms with E-state index in [2.05, 4.69) is 22.8 Å². The smallest absolute Gasteiger partial charge is 0.224 e. The minimum Gasteiger partial charge on any atom is -0.382 e. The highest BCUT2D eigenvalue weighted by atomic mass is 32.2. The Hall–Kier alpha value is -1.56. The van der Waals surface area contributed by atoms with Crippen LogP contribution < -0.4 is 10.6 Å². The van der Waals surface area contributed by atoms with E-state index in [1.54, 1.807) is 0 Å². The van der Waals surface area contributed by atoms with Crippen molar-refractivity contribution in [1.29, 1.82) is 0 Å². The van der Waals surface area contributed by atoms with Gasteiger partial charge in [0.25, 0.3) is 0 Å². The van der Waals surface area contributed by atoms with E-state index in [-0.39, 0.29) is 5.91 Å². The third kappa shape index (κ3) is 4.47. The summed E-state index contributed by atoms with van der Waals surface area (Å²) in [5.41, 5.74) is 3.13. The highest BCUT2D eigenvalue weighted by molar-refractivity contribution is 7.90. The zero-order valence-corrected chi connectivity index (χ0v) is 14.3. The molecule has 5 nitrogen and oxygen atoms in total. The van der Waals surface area contributed by atoms with E-state index in [4.69, 9.17) is 0 Å². The van der Waals surface area contributed by atoms with Gasteiger partial charge in [0.05, 0.1) is 5.75 Å². The van der Waals surface area contributed by atoms with Gasteiger partial charge < -0.3 is 10.6 Å². The van der Waals surface area contributed by atoms with Gasteiger partial charge in [-0.2, -0.15) is 0 Å². The minimum atomic E-state index is -2.88. The van der Waals surface area contributed by atoms with E-state index in [9.17, 15) is 13.2 Å². The molecule has 126 valence electrons. The van der Waals surface area contributed by atoms with Crippen LogP contribution in [-0.2, 0) is 21.1 Å². The molecule has 1 aliphatic carbocycles. The molecule has 1 aliphatic heterocycles. The monoisotopic (exact) mass is 336 g/mol. The number of hydrogen-bond donors (Lipinski definition) is 2. The fourth-order valence-corrected chi connectivity index (χ4v) is 4.79. The summed E-state index contributed by atoms with van der Waals surface area (Å²) in [7, 11) is -2.88. The number of rotatable bonds is 4. The van der Waals surface area contributed by atoms with E-state index < -0.39 is 9.84 Å². The van der Waals surface area contributed by atoms with Gasteiger partial charge in [-0.25, -0.2) is 8.42 Å². The van der Waals surface area contributed by atoms with E-state index in [1.165, 1.54) is 11.8 Å². The molecule has 2 aliphatic rings. The lowest BCUT2D eigenvalue weighted by Gasteiger charge is -2.29. The summed E-state index contributed by atoms with van der Waals surface area (Å²) in [4.78, 5) is 11.5. The maximum absolute atomic E-state index is 11.5. The van der Waals surface area contributed by atoms with Crippen molar-refractivity contribution < 1.29 is 13.2 Å². The van der Waals surface area contributed by atoms with Gasteiger partial charge in [-0.15, -0.1) is 0 Å². The maximum atomic E-state index is 11.5. The summed E-state index contributed by atoms with van der Waals surface area (Å²) in [6.07, 6.45) is 6.56. The second-order valence-electron chi connectivity index (χ2n) is 6.87. The Bertz CT molecular complexity index is 692. The third-order valence-corrected chi connectivity index (χ3v) is 5.84. The van der Waals surface area contributed by atoms with Crippen molar-refractivity contribution >= 4 is 27.1 Å². The molecule has 0 bridgehead atoms. The van der Waals surface area contributed by atoms with Crippen molar-refractivity contribution in [3.8, 4) is 0 Å². The number of amides is 1. The number of sulfone groups is 1. The van der Waals surface area contributed by atoms with Gasteiger partial charge in [-0.1, -0.05) is 6.07 Å². The summed E-state index contributed by atoms with van der Waals surface area (Å²) in [5.74, 6) is 0.687. The van der Waals surface area contributed by atoms with Crippen molar-refractivity contribution in [3.63, 3.8) is 0 Å². The van der Waals surface area contributed by atoms with E-state index in [1.807, 2.05) is 6.07 Å². The fraction of sp³-hybridized carbons (Fsp3) is 0.588. The molecule has 0 saturated heterocycles. The molecule has 6 heteroatoms. The number of nitrogens with one attached hydrogen (secondary N) is 2. The Balaban J connectivity index is 1.57. The molecular weight excluding hydrogens is 312 g/mol. The molecule has 1 amide bonds. The van der Waals surface area contributed by atoms with Crippen LogP contribution in [0.2, 0.25) is 0 Å². The first kappa shape index (κ1) is 16.3. The standard InChI is InChI=1S/C17H24N2O3S/c1-23(21,22)11-12-2-6-14(7-3-12)18-15-8-4-13-5-9-17(20)19-16(13)10-15/h4,8,10,12,14,18H,2-3,5-7,9,11H2,1H3,(H,19,20). The van der Waals surface area contributed by atoms with Crippen LogP contribution in [-0.4, -0.2) is 32.4 Å². The maximum Gasteiger partial charge on any atom is 0.224 e. The molecule has 0 atom stereocenters. The molecule has 2 N–H and O–H groups in total. The van der Waals surface area contributed by atoms with Crippen molar-refractivity contribution in [2.45, 2.75) is 44.6 Å². The van der Waals surface area contributed by atoms with Crippen molar-refractivity contribution in [1.82, 2.24) is 0 Å². The molecule has 23 heavy (non-hydrogen) atoms. The first-order chi connectivity index (χ1) is 10.9. The van der Waals surface area contributed by atoms with Crippen LogP contribution in [0.1, 0.15) is 37.7 Å². The van der Waals surface area contributed by atoms with Crippen LogP contribution in [0.4, 0.5) is 11.4 Å². The lowest BCUT2D eigenvalue weighted by atomic mass is 9.87. The molecule has 1 aromatic carbocycles. The summed E-state index contributed by atoms with van der Waals surface area (Å²) in [5, 5.41) is 6.45. The topological polar surface area (TPSA) is 75.3 Å². The number of carbonyl (C=O) groups excluding carboxylic acids is 1. The average molecular weight is 336 g/mol. The number of fused-ring (bicyclic) bond motifs is 1. The molecule has 0 radical (unpaired) electrons.